The van der Waals surface area contributed by atoms with E-state index in [0.29, 0.717) is 48.4 Å². The Morgan fingerprint density at radius 2 is 2.09 bits per heavy atom. The van der Waals surface area contributed by atoms with Crippen LogP contribution in [0.5, 0.6) is 5.75 Å². The molecule has 0 amide bonds. The van der Waals surface area contributed by atoms with Crippen molar-refractivity contribution >= 4 is 23.1 Å². The van der Waals surface area contributed by atoms with Crippen LogP contribution in [0.1, 0.15) is 12.5 Å². The molecule has 3 aromatic rings. The van der Waals surface area contributed by atoms with Gasteiger partial charge in [-0.25, -0.2) is 19.3 Å². The van der Waals surface area contributed by atoms with Crippen LogP contribution in [-0.2, 0) is 10.2 Å². The van der Waals surface area contributed by atoms with Gasteiger partial charge in [0.25, 0.3) is 0 Å². The van der Waals surface area contributed by atoms with Crippen LogP contribution in [0.4, 0.5) is 27.5 Å². The molecule has 10 heteroatoms. The van der Waals surface area contributed by atoms with Gasteiger partial charge in [-0.15, -0.1) is 0 Å². The van der Waals surface area contributed by atoms with E-state index in [-0.39, 0.29) is 18.5 Å². The highest BCUT2D eigenvalue weighted by Gasteiger charge is 2.35. The number of pyridine rings is 1. The minimum atomic E-state index is -0.404. The van der Waals surface area contributed by atoms with Gasteiger partial charge in [-0.3, -0.25) is 0 Å². The average molecular weight is 467 g/mol. The fourth-order valence-electron chi connectivity index (χ4n) is 4.26. The molecule has 0 aliphatic carbocycles. The molecule has 0 saturated carbocycles. The van der Waals surface area contributed by atoms with Crippen LogP contribution in [0.25, 0.3) is 11.3 Å². The summed E-state index contributed by atoms with van der Waals surface area (Å²) in [6, 6.07) is 6.82. The number of ether oxygens (including phenoxy) is 2. The molecule has 1 saturated heterocycles. The van der Waals surface area contributed by atoms with E-state index in [9.17, 15) is 9.50 Å². The first-order chi connectivity index (χ1) is 16.4. The van der Waals surface area contributed by atoms with Crippen molar-refractivity contribution in [1.29, 1.82) is 0 Å². The number of halogens is 1. The highest BCUT2D eigenvalue weighted by Crippen LogP contribution is 2.38. The average Bonchev–Trinajstić information content (AvgIpc) is 3.16. The number of rotatable bonds is 7. The van der Waals surface area contributed by atoms with Crippen molar-refractivity contribution in [3.8, 4) is 17.0 Å². The number of benzene rings is 1. The van der Waals surface area contributed by atoms with Crippen LogP contribution >= 0.6 is 0 Å². The Labute approximate surface area is 197 Å². The third kappa shape index (κ3) is 3.88. The minimum Gasteiger partial charge on any atom is -0.494 e. The summed E-state index contributed by atoms with van der Waals surface area (Å²) >= 11 is 0. The summed E-state index contributed by atoms with van der Waals surface area (Å²) in [5, 5.41) is 16.2. The standard InChI is InChI=1S/C24H27FN6O3/c1-24(13-32)12-28-22-16(24)6-14(9-27-22)18-4-5-26-23(29-18)30-19-7-17(25)20(8-21(19)34-3)31-10-15(11-31)33-2/h4-9,15,32H,10-13H2,1-3H3,(H,27,28)(H,26,29,30). The molecule has 1 aromatic carbocycles. The maximum atomic E-state index is 14.9. The molecule has 2 aliphatic rings. The fraction of sp³-hybridized carbons (Fsp3) is 0.375. The first kappa shape index (κ1) is 22.3. The summed E-state index contributed by atoms with van der Waals surface area (Å²) in [6.45, 7) is 3.89. The molecule has 34 heavy (non-hydrogen) atoms. The zero-order valence-corrected chi connectivity index (χ0v) is 19.3. The maximum Gasteiger partial charge on any atom is 0.227 e. The van der Waals surface area contributed by atoms with Crippen molar-refractivity contribution in [3.05, 3.63) is 48.0 Å². The van der Waals surface area contributed by atoms with Crippen LogP contribution in [-0.4, -0.2) is 66.6 Å². The predicted octanol–water partition coefficient (Wildman–Crippen LogP) is 2.94. The van der Waals surface area contributed by atoms with Crippen LogP contribution in [0.3, 0.4) is 0 Å². The molecule has 0 spiro atoms. The maximum absolute atomic E-state index is 14.9. The molecular formula is C24H27FN6O3. The van der Waals surface area contributed by atoms with Crippen LogP contribution in [0, 0.1) is 5.82 Å². The lowest BCUT2D eigenvalue weighted by Crippen LogP contribution is -2.52. The van der Waals surface area contributed by atoms with E-state index in [1.165, 1.54) is 13.2 Å². The first-order valence-electron chi connectivity index (χ1n) is 11.0. The SMILES string of the molecule is COc1cc(N2CC(OC)C2)c(F)cc1Nc1nccc(-c2cnc3c(c2)C(C)(CO)CN3)n1. The number of aliphatic hydroxyl groups excluding tert-OH is 1. The summed E-state index contributed by atoms with van der Waals surface area (Å²) in [5.41, 5.74) is 2.89. The summed E-state index contributed by atoms with van der Waals surface area (Å²) in [7, 11) is 3.19. The minimum absolute atomic E-state index is 0.0135. The van der Waals surface area contributed by atoms with Gasteiger partial charge in [0.1, 0.15) is 17.4 Å². The molecular weight excluding hydrogens is 439 g/mol. The highest BCUT2D eigenvalue weighted by atomic mass is 19.1. The molecule has 9 nitrogen and oxygen atoms in total. The normalized spacial score (nSPS) is 19.4. The zero-order chi connectivity index (χ0) is 23.9. The number of hydrogen-bond acceptors (Lipinski definition) is 9. The third-order valence-electron chi connectivity index (χ3n) is 6.52. The third-order valence-corrected chi connectivity index (χ3v) is 6.52. The highest BCUT2D eigenvalue weighted by molar-refractivity contribution is 5.71. The smallest absolute Gasteiger partial charge is 0.227 e. The molecule has 2 aliphatic heterocycles. The Balaban J connectivity index is 1.41. The van der Waals surface area contributed by atoms with E-state index in [1.807, 2.05) is 17.9 Å². The zero-order valence-electron chi connectivity index (χ0n) is 19.3. The van der Waals surface area contributed by atoms with Crippen molar-refractivity contribution in [3.63, 3.8) is 0 Å². The van der Waals surface area contributed by atoms with E-state index in [4.69, 9.17) is 9.47 Å². The monoisotopic (exact) mass is 466 g/mol. The second kappa shape index (κ2) is 8.69. The fourth-order valence-corrected chi connectivity index (χ4v) is 4.26. The van der Waals surface area contributed by atoms with Crippen LogP contribution in [0.15, 0.2) is 36.7 Å². The lowest BCUT2D eigenvalue weighted by Gasteiger charge is -2.40. The first-order valence-corrected chi connectivity index (χ1v) is 11.0. The van der Waals surface area contributed by atoms with Gasteiger partial charge in [-0.05, 0) is 12.1 Å². The van der Waals surface area contributed by atoms with Gasteiger partial charge in [0.15, 0.2) is 0 Å². The van der Waals surface area contributed by atoms with Crippen molar-refractivity contribution < 1.29 is 19.0 Å². The number of aliphatic hydroxyl groups is 1. The lowest BCUT2D eigenvalue weighted by atomic mass is 9.85. The Hall–Kier alpha value is -3.50. The van der Waals surface area contributed by atoms with E-state index < -0.39 is 5.41 Å². The van der Waals surface area contributed by atoms with Crippen LogP contribution in [0.2, 0.25) is 0 Å². The second-order valence-corrected chi connectivity index (χ2v) is 8.85. The summed E-state index contributed by atoms with van der Waals surface area (Å²) < 4.78 is 25.7. The van der Waals surface area contributed by atoms with Gasteiger partial charge in [0, 0.05) is 67.8 Å². The van der Waals surface area contributed by atoms with Gasteiger partial charge < -0.3 is 30.1 Å². The molecule has 1 fully saturated rings. The van der Waals surface area contributed by atoms with E-state index >= 15 is 0 Å². The molecule has 5 rings (SSSR count). The molecule has 178 valence electrons. The second-order valence-electron chi connectivity index (χ2n) is 8.85. The van der Waals surface area contributed by atoms with Gasteiger partial charge >= 0.3 is 0 Å². The Kier molecular flexibility index (Phi) is 5.70. The lowest BCUT2D eigenvalue weighted by molar-refractivity contribution is 0.0783. The predicted molar refractivity (Wildman–Crippen MR) is 127 cm³/mol. The number of aromatic nitrogens is 3. The summed E-state index contributed by atoms with van der Waals surface area (Å²) in [4.78, 5) is 15.3. The Bertz CT molecular complexity index is 1220. The Morgan fingerprint density at radius 3 is 2.82 bits per heavy atom. The van der Waals surface area contributed by atoms with E-state index in [2.05, 4.69) is 25.6 Å². The summed E-state index contributed by atoms with van der Waals surface area (Å²) in [6.07, 6.45) is 3.47. The van der Waals surface area contributed by atoms with E-state index in [1.54, 1.807) is 31.6 Å². The molecule has 1 unspecified atom stereocenters. The number of hydrogen-bond donors (Lipinski definition) is 3. The van der Waals surface area contributed by atoms with Gasteiger partial charge in [0.05, 0.1) is 36.9 Å². The number of anilines is 4. The molecule has 2 aromatic heterocycles. The van der Waals surface area contributed by atoms with Crippen molar-refractivity contribution in [2.75, 3.05) is 56.0 Å². The number of fused-ring (bicyclic) bond motifs is 1. The topological polar surface area (TPSA) is 105 Å². The molecule has 0 radical (unpaired) electrons. The van der Waals surface area contributed by atoms with E-state index in [0.717, 1.165) is 16.9 Å². The van der Waals surface area contributed by atoms with Crippen LogP contribution < -0.4 is 20.3 Å². The number of nitrogens with zero attached hydrogens (tertiary/aromatic N) is 4. The van der Waals surface area contributed by atoms with Gasteiger partial charge in [-0.2, -0.15) is 0 Å². The molecule has 1 atom stereocenters. The van der Waals surface area contributed by atoms with Gasteiger partial charge in [0.2, 0.25) is 5.95 Å². The van der Waals surface area contributed by atoms with Crippen molar-refractivity contribution in [2.45, 2.75) is 18.4 Å². The number of nitrogens with one attached hydrogen (secondary N) is 2. The van der Waals surface area contributed by atoms with Crippen molar-refractivity contribution in [2.24, 2.45) is 0 Å². The quantitative estimate of drug-likeness (QED) is 0.485. The number of methoxy groups -OCH3 is 2. The molecule has 3 N–H and O–H groups in total. The Morgan fingerprint density at radius 1 is 1.26 bits per heavy atom. The van der Waals surface area contributed by atoms with Crippen molar-refractivity contribution in [1.82, 2.24) is 15.0 Å². The molecule has 4 heterocycles. The molecule has 0 bridgehead atoms. The van der Waals surface area contributed by atoms with Gasteiger partial charge in [-0.1, -0.05) is 6.92 Å². The summed E-state index contributed by atoms with van der Waals surface area (Å²) in [5.74, 6) is 1.18. The largest absolute Gasteiger partial charge is 0.494 e.